The van der Waals surface area contributed by atoms with Crippen LogP contribution in [0.5, 0.6) is 0 Å². The highest BCUT2D eigenvalue weighted by Crippen LogP contribution is 2.18. The third kappa shape index (κ3) is 67.1. The van der Waals surface area contributed by atoms with Crippen molar-refractivity contribution < 1.29 is 28.6 Å². The van der Waals surface area contributed by atoms with E-state index in [2.05, 4.69) is 118 Å². The minimum atomic E-state index is -0.797. The van der Waals surface area contributed by atoms with Crippen molar-refractivity contribution in [1.82, 2.24) is 0 Å². The van der Waals surface area contributed by atoms with Gasteiger partial charge in [-0.3, -0.25) is 14.4 Å². The van der Waals surface area contributed by atoms with Crippen LogP contribution in [0, 0.1) is 0 Å². The van der Waals surface area contributed by atoms with Crippen molar-refractivity contribution in [2.75, 3.05) is 13.2 Å². The molecule has 0 N–H and O–H groups in total. The van der Waals surface area contributed by atoms with Crippen LogP contribution in [0.1, 0.15) is 348 Å². The highest BCUT2D eigenvalue weighted by molar-refractivity contribution is 5.71. The third-order valence-electron chi connectivity index (χ3n) is 15.3. The first-order chi connectivity index (χ1) is 40.5. The molecule has 82 heavy (non-hydrogen) atoms. The molecular formula is C76H132O6. The first-order valence-corrected chi connectivity index (χ1v) is 35.2. The number of unbranched alkanes of at least 4 members (excludes halogenated alkanes) is 37. The molecule has 0 spiro atoms. The molecule has 0 fully saturated rings. The molecule has 0 aliphatic carbocycles. The summed E-state index contributed by atoms with van der Waals surface area (Å²) in [5, 5.41) is 0. The van der Waals surface area contributed by atoms with Gasteiger partial charge >= 0.3 is 17.9 Å². The number of ether oxygens (including phenoxy) is 3. The fourth-order valence-corrected chi connectivity index (χ4v) is 10.1. The van der Waals surface area contributed by atoms with E-state index >= 15 is 0 Å². The van der Waals surface area contributed by atoms with Crippen LogP contribution >= 0.6 is 0 Å². The molecule has 472 valence electrons. The van der Waals surface area contributed by atoms with Gasteiger partial charge in [0.25, 0.3) is 0 Å². The topological polar surface area (TPSA) is 78.9 Å². The number of esters is 3. The van der Waals surface area contributed by atoms with E-state index in [-0.39, 0.29) is 31.1 Å². The molecule has 1 atom stereocenters. The SMILES string of the molecule is CC/C=C\C/C=C\C/C=C\C/C=C\C/C=C\C/C=C\CCCCCCC(=O)OC(COC(=O)CCCCCCCCC/C=C\C/C=C\CCCCC)COC(=O)CCCCCCCCCCCCCCCCCCCCCCCCCC. The second-order valence-electron chi connectivity index (χ2n) is 23.4. The van der Waals surface area contributed by atoms with Gasteiger partial charge in [-0.1, -0.05) is 323 Å². The summed E-state index contributed by atoms with van der Waals surface area (Å²) >= 11 is 0. The molecule has 0 heterocycles. The van der Waals surface area contributed by atoms with Gasteiger partial charge in [0.15, 0.2) is 6.10 Å². The lowest BCUT2D eigenvalue weighted by Gasteiger charge is -2.18. The lowest BCUT2D eigenvalue weighted by molar-refractivity contribution is -0.167. The van der Waals surface area contributed by atoms with Crippen LogP contribution < -0.4 is 0 Å². The first kappa shape index (κ1) is 78.3. The number of hydrogen-bond acceptors (Lipinski definition) is 6. The lowest BCUT2D eigenvalue weighted by atomic mass is 10.0. The molecule has 1 unspecified atom stereocenters. The van der Waals surface area contributed by atoms with E-state index in [9.17, 15) is 14.4 Å². The zero-order valence-electron chi connectivity index (χ0n) is 54.2. The zero-order chi connectivity index (χ0) is 59.2. The standard InChI is InChI=1S/C76H132O6/c1-4-7-10-13-16-19-22-25-28-31-33-35-37-39-40-42-45-48-51-54-57-60-63-66-69-75(78)81-72-73(71-80-74(77)68-65-62-59-56-53-50-47-44-30-27-24-21-18-15-12-9-6-3)82-76(79)70-67-64-61-58-55-52-49-46-43-41-38-36-34-32-29-26-23-20-17-14-11-8-5-2/h8,11,17-18,20-21,26-27,29-30,34,36,41,43,49,52,73H,4-7,9-10,12-16,19,22-25,28,31-33,35,37-40,42,44-48,50-51,53-72H2,1-3H3/b11-8-,20-17-,21-18-,29-26-,30-27-,36-34-,43-41-,52-49-. The Hall–Kier alpha value is -3.67. The van der Waals surface area contributed by atoms with Gasteiger partial charge in [-0.05, 0) is 103 Å². The largest absolute Gasteiger partial charge is 0.462 e. The number of allylic oxidation sites excluding steroid dienone is 16. The summed E-state index contributed by atoms with van der Waals surface area (Å²) in [5.41, 5.74) is 0. The van der Waals surface area contributed by atoms with Crippen LogP contribution in [-0.2, 0) is 28.6 Å². The molecule has 0 bridgehead atoms. The van der Waals surface area contributed by atoms with Gasteiger partial charge in [0.2, 0.25) is 0 Å². The Bertz CT molecular complexity index is 1590. The Morgan fingerprint density at radius 1 is 0.256 bits per heavy atom. The van der Waals surface area contributed by atoms with Gasteiger partial charge in [0.05, 0.1) is 0 Å². The molecule has 0 saturated heterocycles. The van der Waals surface area contributed by atoms with Gasteiger partial charge in [-0.15, -0.1) is 0 Å². The van der Waals surface area contributed by atoms with Gasteiger partial charge < -0.3 is 14.2 Å². The third-order valence-corrected chi connectivity index (χ3v) is 15.3. The van der Waals surface area contributed by atoms with Crippen LogP contribution in [0.4, 0.5) is 0 Å². The zero-order valence-corrected chi connectivity index (χ0v) is 54.2. The van der Waals surface area contributed by atoms with Gasteiger partial charge in [-0.25, -0.2) is 0 Å². The molecule has 6 nitrogen and oxygen atoms in total. The fraction of sp³-hybridized carbons (Fsp3) is 0.750. The maximum absolute atomic E-state index is 13.0. The van der Waals surface area contributed by atoms with Crippen LogP contribution in [0.25, 0.3) is 0 Å². The summed E-state index contributed by atoms with van der Waals surface area (Å²) in [6.45, 7) is 6.52. The Morgan fingerprint density at radius 2 is 0.476 bits per heavy atom. The van der Waals surface area contributed by atoms with Crippen molar-refractivity contribution in [2.24, 2.45) is 0 Å². The second kappa shape index (κ2) is 69.8. The van der Waals surface area contributed by atoms with Crippen molar-refractivity contribution >= 4 is 17.9 Å². The summed E-state index contributed by atoms with van der Waals surface area (Å²) in [4.78, 5) is 38.5. The van der Waals surface area contributed by atoms with Crippen LogP contribution in [-0.4, -0.2) is 37.2 Å². The Labute approximate surface area is 508 Å². The van der Waals surface area contributed by atoms with Crippen molar-refractivity contribution in [3.05, 3.63) is 97.2 Å². The molecular weight excluding hydrogens is 1010 g/mol. The molecule has 0 aromatic rings. The van der Waals surface area contributed by atoms with E-state index in [1.54, 1.807) is 0 Å². The van der Waals surface area contributed by atoms with Gasteiger partial charge in [0, 0.05) is 19.3 Å². The maximum Gasteiger partial charge on any atom is 0.306 e. The monoisotopic (exact) mass is 1140 g/mol. The normalized spacial score (nSPS) is 12.7. The Balaban J connectivity index is 4.40. The summed E-state index contributed by atoms with van der Waals surface area (Å²) in [5.74, 6) is -0.905. The minimum absolute atomic E-state index is 0.0881. The lowest BCUT2D eigenvalue weighted by Crippen LogP contribution is -2.30. The van der Waals surface area contributed by atoms with Crippen molar-refractivity contribution in [2.45, 2.75) is 354 Å². The first-order valence-electron chi connectivity index (χ1n) is 35.2. The number of rotatable bonds is 64. The highest BCUT2D eigenvalue weighted by Gasteiger charge is 2.19. The van der Waals surface area contributed by atoms with Crippen molar-refractivity contribution in [3.8, 4) is 0 Å². The number of carbonyl (C=O) groups excluding carboxylic acids is 3. The van der Waals surface area contributed by atoms with Crippen molar-refractivity contribution in [3.63, 3.8) is 0 Å². The summed E-state index contributed by atoms with van der Waals surface area (Å²) in [7, 11) is 0. The van der Waals surface area contributed by atoms with Crippen molar-refractivity contribution in [1.29, 1.82) is 0 Å². The molecule has 0 amide bonds. The summed E-state index contributed by atoms with van der Waals surface area (Å²) in [6, 6.07) is 0. The minimum Gasteiger partial charge on any atom is -0.462 e. The summed E-state index contributed by atoms with van der Waals surface area (Å²) < 4.78 is 17.0. The van der Waals surface area contributed by atoms with Gasteiger partial charge in [0.1, 0.15) is 13.2 Å². The summed E-state index contributed by atoms with van der Waals surface area (Å²) in [6.07, 6.45) is 94.3. The maximum atomic E-state index is 13.0. The smallest absolute Gasteiger partial charge is 0.306 e. The van der Waals surface area contributed by atoms with E-state index in [1.165, 1.54) is 186 Å². The molecule has 0 radical (unpaired) electrons. The molecule has 0 aromatic heterocycles. The average molecular weight is 1140 g/mol. The molecule has 0 aliphatic rings. The predicted molar refractivity (Wildman–Crippen MR) is 357 cm³/mol. The fourth-order valence-electron chi connectivity index (χ4n) is 10.1. The number of carbonyl (C=O) groups is 3. The molecule has 0 rings (SSSR count). The predicted octanol–water partition coefficient (Wildman–Crippen LogP) is 24.4. The van der Waals surface area contributed by atoms with E-state index in [0.29, 0.717) is 19.3 Å². The van der Waals surface area contributed by atoms with E-state index in [1.807, 2.05) is 0 Å². The van der Waals surface area contributed by atoms with E-state index in [4.69, 9.17) is 14.2 Å². The number of hydrogen-bond donors (Lipinski definition) is 0. The van der Waals surface area contributed by atoms with Crippen LogP contribution in [0.15, 0.2) is 97.2 Å². The quantitative estimate of drug-likeness (QED) is 0.0261. The van der Waals surface area contributed by atoms with E-state index < -0.39 is 6.10 Å². The molecule has 0 saturated carbocycles. The Morgan fingerprint density at radius 3 is 0.768 bits per heavy atom. The molecule has 0 aliphatic heterocycles. The highest BCUT2D eigenvalue weighted by atomic mass is 16.6. The Kier molecular flexibility index (Phi) is 66.7. The molecule has 0 aromatic carbocycles. The van der Waals surface area contributed by atoms with Crippen LogP contribution in [0.3, 0.4) is 0 Å². The molecule has 6 heteroatoms. The second-order valence-corrected chi connectivity index (χ2v) is 23.4. The van der Waals surface area contributed by atoms with Crippen LogP contribution in [0.2, 0.25) is 0 Å². The average Bonchev–Trinajstić information content (AvgIpc) is 3.47. The van der Waals surface area contributed by atoms with E-state index in [0.717, 1.165) is 122 Å². The van der Waals surface area contributed by atoms with Gasteiger partial charge in [-0.2, -0.15) is 0 Å².